The number of fused-ring (bicyclic) bond motifs is 1. The number of oxime groups is 1. The molecule has 0 aliphatic carbocycles. The fourth-order valence-electron chi connectivity index (χ4n) is 2.45. The summed E-state index contributed by atoms with van der Waals surface area (Å²) in [4.78, 5) is 1.97. The highest BCUT2D eigenvalue weighted by Crippen LogP contribution is 2.14. The van der Waals surface area contributed by atoms with Gasteiger partial charge >= 0.3 is 0 Å². The van der Waals surface area contributed by atoms with E-state index in [2.05, 4.69) is 40.6 Å². The van der Waals surface area contributed by atoms with Crippen molar-refractivity contribution in [1.29, 1.82) is 0 Å². The molecule has 1 saturated heterocycles. The number of hydrogen-bond acceptors (Lipinski definition) is 4. The van der Waals surface area contributed by atoms with E-state index in [1.165, 1.54) is 17.1 Å². The molecule has 108 valence electrons. The minimum Gasteiger partial charge on any atom is -0.410 e. The molecule has 1 N–H and O–H groups in total. The lowest BCUT2D eigenvalue weighted by atomic mass is 10.1. The molecule has 5 heteroatoms. The van der Waals surface area contributed by atoms with E-state index in [1.54, 1.807) is 0 Å². The molecule has 0 radical (unpaired) electrons. The predicted octanol–water partition coefficient (Wildman–Crippen LogP) is 2.21. The Labute approximate surface area is 123 Å². The van der Waals surface area contributed by atoms with Gasteiger partial charge in [-0.3, -0.25) is 5.01 Å². The van der Waals surface area contributed by atoms with Gasteiger partial charge in [0, 0.05) is 13.1 Å². The third kappa shape index (κ3) is 3.31. The van der Waals surface area contributed by atoms with E-state index >= 15 is 0 Å². The van der Waals surface area contributed by atoms with Crippen LogP contribution in [0, 0.1) is 0 Å². The number of benzene rings is 2. The van der Waals surface area contributed by atoms with Crippen LogP contribution in [-0.4, -0.2) is 53.8 Å². The van der Waals surface area contributed by atoms with Crippen LogP contribution in [0.4, 0.5) is 0 Å². The SMILES string of the molecule is O/N=C\N1CCN(N=Cc2ccc3ccccc3c2)CC1. The average molecular weight is 282 g/mol. The fraction of sp³-hybridized carbons (Fsp3) is 0.250. The second kappa shape index (κ2) is 6.26. The van der Waals surface area contributed by atoms with E-state index in [9.17, 15) is 0 Å². The monoisotopic (exact) mass is 282 g/mol. The Hall–Kier alpha value is -2.56. The molecule has 1 heterocycles. The molecule has 21 heavy (non-hydrogen) atoms. The Morgan fingerprint density at radius 2 is 1.71 bits per heavy atom. The van der Waals surface area contributed by atoms with Crippen LogP contribution in [0.2, 0.25) is 0 Å². The lowest BCUT2D eigenvalue weighted by Gasteiger charge is -2.31. The summed E-state index contributed by atoms with van der Waals surface area (Å²) < 4.78 is 0. The van der Waals surface area contributed by atoms with E-state index in [1.807, 2.05) is 28.3 Å². The zero-order chi connectivity index (χ0) is 14.5. The van der Waals surface area contributed by atoms with Gasteiger partial charge in [-0.05, 0) is 22.4 Å². The summed E-state index contributed by atoms with van der Waals surface area (Å²) in [5.74, 6) is 0. The first kappa shape index (κ1) is 13.4. The number of piperazine rings is 1. The number of hydrogen-bond donors (Lipinski definition) is 1. The van der Waals surface area contributed by atoms with Crippen molar-refractivity contribution >= 4 is 23.3 Å². The van der Waals surface area contributed by atoms with Crippen LogP contribution in [0.3, 0.4) is 0 Å². The molecule has 1 aliphatic heterocycles. The molecule has 0 amide bonds. The predicted molar refractivity (Wildman–Crippen MR) is 85.0 cm³/mol. The average Bonchev–Trinajstić information content (AvgIpc) is 2.54. The first-order valence-corrected chi connectivity index (χ1v) is 7.04. The minimum absolute atomic E-state index is 0.819. The van der Waals surface area contributed by atoms with Gasteiger partial charge in [-0.1, -0.05) is 41.6 Å². The molecular weight excluding hydrogens is 264 g/mol. The van der Waals surface area contributed by atoms with E-state index in [0.717, 1.165) is 31.7 Å². The Bertz CT molecular complexity index is 660. The van der Waals surface area contributed by atoms with Crippen LogP contribution in [0.25, 0.3) is 10.8 Å². The zero-order valence-corrected chi connectivity index (χ0v) is 11.8. The Balaban J connectivity index is 1.65. The third-order valence-corrected chi connectivity index (χ3v) is 3.65. The molecule has 2 aromatic carbocycles. The van der Waals surface area contributed by atoms with Crippen LogP contribution in [0.5, 0.6) is 0 Å². The summed E-state index contributed by atoms with van der Waals surface area (Å²) in [7, 11) is 0. The highest BCUT2D eigenvalue weighted by atomic mass is 16.4. The van der Waals surface area contributed by atoms with Crippen molar-refractivity contribution < 1.29 is 5.21 Å². The first-order valence-electron chi connectivity index (χ1n) is 7.04. The van der Waals surface area contributed by atoms with Crippen molar-refractivity contribution in [3.63, 3.8) is 0 Å². The van der Waals surface area contributed by atoms with Gasteiger partial charge < -0.3 is 10.1 Å². The second-order valence-electron chi connectivity index (χ2n) is 5.07. The van der Waals surface area contributed by atoms with Crippen LogP contribution < -0.4 is 0 Å². The molecule has 0 spiro atoms. The van der Waals surface area contributed by atoms with E-state index < -0.39 is 0 Å². The van der Waals surface area contributed by atoms with Crippen LogP contribution >= 0.6 is 0 Å². The smallest absolute Gasteiger partial charge is 0.130 e. The molecule has 0 unspecified atom stereocenters. The molecule has 0 saturated carbocycles. The topological polar surface area (TPSA) is 51.4 Å². The number of nitrogens with zero attached hydrogens (tertiary/aromatic N) is 4. The molecule has 0 bridgehead atoms. The minimum atomic E-state index is 0.819. The van der Waals surface area contributed by atoms with Crippen molar-refractivity contribution in [2.24, 2.45) is 10.3 Å². The van der Waals surface area contributed by atoms with Gasteiger partial charge in [0.25, 0.3) is 0 Å². The normalized spacial score (nSPS) is 16.4. The zero-order valence-electron chi connectivity index (χ0n) is 11.8. The Kier molecular flexibility index (Phi) is 4.00. The summed E-state index contributed by atoms with van der Waals surface area (Å²) in [6.07, 6.45) is 3.37. The Morgan fingerprint density at radius 1 is 0.952 bits per heavy atom. The van der Waals surface area contributed by atoms with Crippen molar-refractivity contribution in [2.75, 3.05) is 26.2 Å². The molecule has 1 fully saturated rings. The number of hydrazone groups is 1. The maximum Gasteiger partial charge on any atom is 0.130 e. The lowest BCUT2D eigenvalue weighted by Crippen LogP contribution is -2.43. The quantitative estimate of drug-likeness (QED) is 0.406. The molecule has 0 aromatic heterocycles. The summed E-state index contributed by atoms with van der Waals surface area (Å²) in [5.41, 5.74) is 1.10. The van der Waals surface area contributed by atoms with E-state index in [-0.39, 0.29) is 0 Å². The summed E-state index contributed by atoms with van der Waals surface area (Å²) in [5, 5.41) is 20.6. The fourth-order valence-corrected chi connectivity index (χ4v) is 2.45. The van der Waals surface area contributed by atoms with Gasteiger partial charge in [0.15, 0.2) is 0 Å². The van der Waals surface area contributed by atoms with Crippen LogP contribution in [0.15, 0.2) is 52.7 Å². The molecular formula is C16H18N4O. The first-order chi connectivity index (χ1) is 10.3. The second-order valence-corrected chi connectivity index (χ2v) is 5.07. The lowest BCUT2D eigenvalue weighted by molar-refractivity contribution is 0.188. The van der Waals surface area contributed by atoms with Crippen LogP contribution in [0.1, 0.15) is 5.56 Å². The van der Waals surface area contributed by atoms with Crippen molar-refractivity contribution in [3.8, 4) is 0 Å². The standard InChI is InChI=1S/C16H18N4O/c21-18-13-19-7-9-20(10-8-19)17-12-14-5-6-15-3-1-2-4-16(15)11-14/h1-6,11-13,21H,7-10H2/b17-12?,18-13-. The highest BCUT2D eigenvalue weighted by molar-refractivity contribution is 5.90. The van der Waals surface area contributed by atoms with Gasteiger partial charge in [0.2, 0.25) is 0 Å². The van der Waals surface area contributed by atoms with Gasteiger partial charge in [-0.15, -0.1) is 0 Å². The summed E-state index contributed by atoms with van der Waals surface area (Å²) >= 11 is 0. The van der Waals surface area contributed by atoms with Crippen molar-refractivity contribution in [2.45, 2.75) is 0 Å². The van der Waals surface area contributed by atoms with Gasteiger partial charge in [0.05, 0.1) is 19.3 Å². The van der Waals surface area contributed by atoms with Crippen molar-refractivity contribution in [3.05, 3.63) is 48.0 Å². The third-order valence-electron chi connectivity index (χ3n) is 3.65. The number of rotatable bonds is 3. The van der Waals surface area contributed by atoms with E-state index in [0.29, 0.717) is 0 Å². The van der Waals surface area contributed by atoms with Crippen molar-refractivity contribution in [1.82, 2.24) is 9.91 Å². The summed E-state index contributed by atoms with van der Waals surface area (Å²) in [6, 6.07) is 14.7. The maximum atomic E-state index is 8.51. The molecule has 3 rings (SSSR count). The summed E-state index contributed by atoms with van der Waals surface area (Å²) in [6.45, 7) is 3.30. The van der Waals surface area contributed by atoms with E-state index in [4.69, 9.17) is 5.21 Å². The highest BCUT2D eigenvalue weighted by Gasteiger charge is 2.12. The molecule has 1 aliphatic rings. The van der Waals surface area contributed by atoms with Gasteiger partial charge in [-0.25, -0.2) is 0 Å². The molecule has 5 nitrogen and oxygen atoms in total. The molecule has 0 atom stereocenters. The molecule has 2 aromatic rings. The Morgan fingerprint density at radius 3 is 2.48 bits per heavy atom. The maximum absolute atomic E-state index is 8.51. The van der Waals surface area contributed by atoms with Gasteiger partial charge in [0.1, 0.15) is 6.34 Å². The van der Waals surface area contributed by atoms with Crippen LogP contribution in [-0.2, 0) is 0 Å². The largest absolute Gasteiger partial charge is 0.410 e. The van der Waals surface area contributed by atoms with Gasteiger partial charge in [-0.2, -0.15) is 5.10 Å².